The van der Waals surface area contributed by atoms with Crippen molar-refractivity contribution in [1.29, 1.82) is 0 Å². The number of hydrogen-bond donors (Lipinski definition) is 1. The van der Waals surface area contributed by atoms with E-state index in [1.807, 2.05) is 17.0 Å². The largest absolute Gasteiger partial charge is 0.371 e. The fourth-order valence-corrected chi connectivity index (χ4v) is 3.80. The van der Waals surface area contributed by atoms with Gasteiger partial charge >= 0.3 is 6.03 Å². The third kappa shape index (κ3) is 3.69. The van der Waals surface area contributed by atoms with Gasteiger partial charge in [0.1, 0.15) is 0 Å². The van der Waals surface area contributed by atoms with Gasteiger partial charge in [0.05, 0.1) is 12.7 Å². The number of urea groups is 1. The van der Waals surface area contributed by atoms with Gasteiger partial charge in [-0.1, -0.05) is 54.6 Å². The fourth-order valence-electron chi connectivity index (χ4n) is 3.80. The van der Waals surface area contributed by atoms with Gasteiger partial charge in [0, 0.05) is 32.0 Å². The zero-order valence-electron chi connectivity index (χ0n) is 14.4. The molecule has 4 rings (SSSR count). The summed E-state index contributed by atoms with van der Waals surface area (Å²) < 4.78 is 5.87. The summed E-state index contributed by atoms with van der Waals surface area (Å²) in [5.74, 6) is 0.449. The maximum Gasteiger partial charge on any atom is 0.317 e. The molecule has 0 aromatic heterocycles. The second kappa shape index (κ2) is 7.28. The second-order valence-corrected chi connectivity index (χ2v) is 6.93. The van der Waals surface area contributed by atoms with Crippen LogP contribution in [0.25, 0.3) is 0 Å². The second-order valence-electron chi connectivity index (χ2n) is 6.93. The molecule has 2 heterocycles. The van der Waals surface area contributed by atoms with E-state index in [1.165, 1.54) is 16.7 Å². The highest BCUT2D eigenvalue weighted by atomic mass is 16.5. The summed E-state index contributed by atoms with van der Waals surface area (Å²) in [5.41, 5.74) is 3.92. The first kappa shape index (κ1) is 16.2. The Balaban J connectivity index is 1.27. The Morgan fingerprint density at radius 2 is 1.84 bits per heavy atom. The minimum Gasteiger partial charge on any atom is -0.371 e. The van der Waals surface area contributed by atoms with E-state index >= 15 is 0 Å². The minimum atomic E-state index is 0.0286. The van der Waals surface area contributed by atoms with Crippen molar-refractivity contribution in [1.82, 2.24) is 10.2 Å². The number of nitrogens with zero attached hydrogens (tertiary/aromatic N) is 1. The van der Waals surface area contributed by atoms with E-state index in [4.69, 9.17) is 4.74 Å². The molecule has 4 heteroatoms. The van der Waals surface area contributed by atoms with Crippen molar-refractivity contribution in [2.75, 3.05) is 19.6 Å². The van der Waals surface area contributed by atoms with Crippen LogP contribution in [-0.4, -0.2) is 36.7 Å². The van der Waals surface area contributed by atoms with Crippen LogP contribution in [0.4, 0.5) is 4.79 Å². The fraction of sp³-hybridized carbons (Fsp3) is 0.381. The van der Waals surface area contributed by atoms with Crippen molar-refractivity contribution in [3.8, 4) is 0 Å². The van der Waals surface area contributed by atoms with Gasteiger partial charge in [0.2, 0.25) is 0 Å². The molecule has 25 heavy (non-hydrogen) atoms. The SMILES string of the molecule is O=C(NC[C@@H]1Cc2ccccc2CO1)N1CCC(c2ccccc2)C1. The predicted octanol–water partition coefficient (Wildman–Crippen LogP) is 3.33. The molecule has 2 aromatic carbocycles. The first-order chi connectivity index (χ1) is 12.3. The Morgan fingerprint density at radius 3 is 2.68 bits per heavy atom. The van der Waals surface area contributed by atoms with Gasteiger partial charge in [-0.15, -0.1) is 0 Å². The highest BCUT2D eigenvalue weighted by molar-refractivity contribution is 5.74. The molecule has 130 valence electrons. The number of fused-ring (bicyclic) bond motifs is 1. The standard InChI is InChI=1S/C21H24N2O2/c24-21(23-11-10-18(14-23)16-6-2-1-3-7-16)22-13-20-12-17-8-4-5-9-19(17)15-25-20/h1-9,18,20H,10-15H2,(H,22,24)/t18?,20-/m0/s1. The highest BCUT2D eigenvalue weighted by Gasteiger charge is 2.28. The van der Waals surface area contributed by atoms with E-state index in [1.54, 1.807) is 0 Å². The summed E-state index contributed by atoms with van der Waals surface area (Å²) in [5, 5.41) is 3.06. The van der Waals surface area contributed by atoms with Crippen molar-refractivity contribution >= 4 is 6.03 Å². The molecule has 1 fully saturated rings. The lowest BCUT2D eigenvalue weighted by Crippen LogP contribution is -2.43. The Morgan fingerprint density at radius 1 is 1.08 bits per heavy atom. The number of amides is 2. The Labute approximate surface area is 148 Å². The minimum absolute atomic E-state index is 0.0286. The molecule has 0 aliphatic carbocycles. The molecule has 2 amide bonds. The molecule has 0 saturated carbocycles. The summed E-state index contributed by atoms with van der Waals surface area (Å²) >= 11 is 0. The van der Waals surface area contributed by atoms with Crippen LogP contribution in [0.5, 0.6) is 0 Å². The van der Waals surface area contributed by atoms with E-state index in [-0.39, 0.29) is 12.1 Å². The van der Waals surface area contributed by atoms with Crippen molar-refractivity contribution < 1.29 is 9.53 Å². The maximum absolute atomic E-state index is 12.5. The van der Waals surface area contributed by atoms with Crippen molar-refractivity contribution in [2.24, 2.45) is 0 Å². The molecule has 4 nitrogen and oxygen atoms in total. The van der Waals surface area contributed by atoms with Gasteiger partial charge in [-0.05, 0) is 23.1 Å². The monoisotopic (exact) mass is 336 g/mol. The normalized spacial score (nSPS) is 22.5. The van der Waals surface area contributed by atoms with Crippen LogP contribution in [0.1, 0.15) is 29.0 Å². The molecular formula is C21H24N2O2. The zero-order chi connectivity index (χ0) is 17.1. The van der Waals surface area contributed by atoms with Crippen LogP contribution < -0.4 is 5.32 Å². The lowest BCUT2D eigenvalue weighted by molar-refractivity contribution is 0.0299. The van der Waals surface area contributed by atoms with Crippen molar-refractivity contribution in [3.63, 3.8) is 0 Å². The Hall–Kier alpha value is -2.33. The molecule has 0 bridgehead atoms. The van der Waals surface area contributed by atoms with Gasteiger partial charge in [-0.2, -0.15) is 0 Å². The van der Waals surface area contributed by atoms with Gasteiger partial charge in [0.15, 0.2) is 0 Å². The summed E-state index contributed by atoms with van der Waals surface area (Å²) in [6, 6.07) is 18.9. The molecular weight excluding hydrogens is 312 g/mol. The number of rotatable bonds is 3. The highest BCUT2D eigenvalue weighted by Crippen LogP contribution is 2.27. The first-order valence-corrected chi connectivity index (χ1v) is 9.05. The quantitative estimate of drug-likeness (QED) is 0.934. The molecule has 0 spiro atoms. The number of likely N-dealkylation sites (tertiary alicyclic amines) is 1. The Bertz CT molecular complexity index is 732. The number of carbonyl (C=O) groups is 1. The molecule has 2 aromatic rings. The Kier molecular flexibility index (Phi) is 4.70. The van der Waals surface area contributed by atoms with E-state index in [0.29, 0.717) is 19.1 Å². The van der Waals surface area contributed by atoms with Gasteiger partial charge < -0.3 is 15.0 Å². The number of hydrogen-bond acceptors (Lipinski definition) is 2. The topological polar surface area (TPSA) is 41.6 Å². The van der Waals surface area contributed by atoms with Gasteiger partial charge in [0.25, 0.3) is 0 Å². The smallest absolute Gasteiger partial charge is 0.317 e. The first-order valence-electron chi connectivity index (χ1n) is 9.05. The molecule has 1 N–H and O–H groups in total. The van der Waals surface area contributed by atoms with Crippen LogP contribution >= 0.6 is 0 Å². The molecule has 0 radical (unpaired) electrons. The van der Waals surface area contributed by atoms with Crippen molar-refractivity contribution in [3.05, 3.63) is 71.3 Å². The number of ether oxygens (including phenoxy) is 1. The van der Waals surface area contributed by atoms with Gasteiger partial charge in [-0.3, -0.25) is 0 Å². The van der Waals surface area contributed by atoms with Gasteiger partial charge in [-0.25, -0.2) is 4.79 Å². The molecule has 1 saturated heterocycles. The number of carbonyl (C=O) groups excluding carboxylic acids is 1. The molecule has 1 unspecified atom stereocenters. The maximum atomic E-state index is 12.5. The summed E-state index contributed by atoms with van der Waals surface area (Å²) in [6.45, 7) is 2.82. The zero-order valence-corrected chi connectivity index (χ0v) is 14.4. The predicted molar refractivity (Wildman–Crippen MR) is 97.5 cm³/mol. The van der Waals surface area contributed by atoms with Crippen LogP contribution in [0.2, 0.25) is 0 Å². The van der Waals surface area contributed by atoms with Crippen molar-refractivity contribution in [2.45, 2.75) is 31.5 Å². The van der Waals surface area contributed by atoms with Crippen LogP contribution in [0.3, 0.4) is 0 Å². The number of nitrogens with one attached hydrogen (secondary N) is 1. The summed E-state index contributed by atoms with van der Waals surface area (Å²) in [7, 11) is 0. The van der Waals surface area contributed by atoms with Crippen LogP contribution in [-0.2, 0) is 17.8 Å². The van der Waals surface area contributed by atoms with E-state index in [9.17, 15) is 4.79 Å². The van der Waals surface area contributed by atoms with E-state index in [2.05, 4.69) is 47.8 Å². The lowest BCUT2D eigenvalue weighted by Gasteiger charge is -2.26. The van der Waals surface area contributed by atoms with E-state index < -0.39 is 0 Å². The third-order valence-corrected chi connectivity index (χ3v) is 5.27. The third-order valence-electron chi connectivity index (χ3n) is 5.27. The summed E-state index contributed by atoms with van der Waals surface area (Å²) in [4.78, 5) is 14.4. The van der Waals surface area contributed by atoms with Crippen LogP contribution in [0.15, 0.2) is 54.6 Å². The average molecular weight is 336 g/mol. The number of benzene rings is 2. The lowest BCUT2D eigenvalue weighted by atomic mass is 9.99. The van der Waals surface area contributed by atoms with Crippen LogP contribution in [0, 0.1) is 0 Å². The molecule has 2 atom stereocenters. The van der Waals surface area contributed by atoms with E-state index in [0.717, 1.165) is 25.9 Å². The average Bonchev–Trinajstić information content (AvgIpc) is 3.17. The molecule has 2 aliphatic rings. The molecule has 2 aliphatic heterocycles. The summed E-state index contributed by atoms with van der Waals surface area (Å²) in [6.07, 6.45) is 1.96.